The van der Waals surface area contributed by atoms with E-state index in [0.717, 1.165) is 10.4 Å². The second-order valence-corrected chi connectivity index (χ2v) is 7.99. The molecule has 1 heterocycles. The molecule has 0 aliphatic rings. The van der Waals surface area contributed by atoms with Crippen LogP contribution < -0.4 is 20.1 Å². The summed E-state index contributed by atoms with van der Waals surface area (Å²) in [6.07, 6.45) is 0. The molecule has 2 aromatic carbocycles. The molecule has 0 aliphatic carbocycles. The fourth-order valence-corrected chi connectivity index (χ4v) is 4.34. The number of methoxy groups -OCH3 is 4. The molecule has 0 atom stereocenters. The van der Waals surface area contributed by atoms with E-state index in [1.807, 2.05) is 30.3 Å². The first kappa shape index (κ1) is 24.0. The number of benzene rings is 2. The number of rotatable bonds is 7. The fourth-order valence-electron chi connectivity index (χ4n) is 3.01. The molecule has 0 aliphatic heterocycles. The van der Waals surface area contributed by atoms with E-state index in [4.69, 9.17) is 31.2 Å². The third-order valence-corrected chi connectivity index (χ3v) is 5.90. The van der Waals surface area contributed by atoms with Crippen molar-refractivity contribution in [2.75, 3.05) is 39.1 Å². The molecule has 172 valence electrons. The van der Waals surface area contributed by atoms with Crippen molar-refractivity contribution in [2.24, 2.45) is 0 Å². The number of anilines is 2. The summed E-state index contributed by atoms with van der Waals surface area (Å²) < 4.78 is 20.4. The van der Waals surface area contributed by atoms with Gasteiger partial charge in [0.15, 0.2) is 16.6 Å². The highest BCUT2D eigenvalue weighted by Gasteiger charge is 2.21. The summed E-state index contributed by atoms with van der Waals surface area (Å²) >= 11 is 6.81. The quantitative estimate of drug-likeness (QED) is 0.360. The monoisotopic (exact) mass is 486 g/mol. The maximum Gasteiger partial charge on any atom is 0.340 e. The fraction of sp³-hybridized carbons (Fsp3) is 0.174. The minimum atomic E-state index is -0.584. The number of carbonyl (C=O) groups excluding carboxylic acids is 2. The average Bonchev–Trinajstić information content (AvgIpc) is 3.26. The van der Waals surface area contributed by atoms with Crippen molar-refractivity contribution < 1.29 is 28.5 Å². The molecule has 8 nitrogen and oxygen atoms in total. The van der Waals surface area contributed by atoms with Crippen molar-refractivity contribution in [3.8, 4) is 21.9 Å². The number of thiophene rings is 1. The van der Waals surface area contributed by atoms with Gasteiger partial charge in [-0.1, -0.05) is 30.3 Å². The number of esters is 2. The van der Waals surface area contributed by atoms with Gasteiger partial charge in [0.05, 0.1) is 45.3 Å². The Morgan fingerprint density at radius 3 is 2.03 bits per heavy atom. The molecule has 0 saturated heterocycles. The standard InChI is InChI=1S/C23H22N2O6S2/c1-28-17-10-14(21(26)30-3)16(12-18(17)29-2)24-23(32)25-20-15(22(27)31-4)11-19(33-20)13-8-6-5-7-9-13/h5-12H,1-4H3,(H2,24,25,32). The first-order valence-electron chi connectivity index (χ1n) is 9.61. The number of hydrogen-bond donors (Lipinski definition) is 2. The first-order chi connectivity index (χ1) is 15.9. The van der Waals surface area contributed by atoms with Gasteiger partial charge >= 0.3 is 11.9 Å². The van der Waals surface area contributed by atoms with Crippen LogP contribution in [-0.2, 0) is 9.47 Å². The maximum absolute atomic E-state index is 12.3. The molecule has 33 heavy (non-hydrogen) atoms. The molecule has 0 unspecified atom stereocenters. The Morgan fingerprint density at radius 2 is 1.42 bits per heavy atom. The smallest absolute Gasteiger partial charge is 0.340 e. The van der Waals surface area contributed by atoms with Crippen LogP contribution in [0, 0.1) is 0 Å². The van der Waals surface area contributed by atoms with E-state index in [1.165, 1.54) is 45.8 Å². The van der Waals surface area contributed by atoms with E-state index in [1.54, 1.807) is 12.1 Å². The van der Waals surface area contributed by atoms with E-state index in [0.29, 0.717) is 27.8 Å². The summed E-state index contributed by atoms with van der Waals surface area (Å²) in [5.41, 5.74) is 1.83. The predicted octanol–water partition coefficient (Wildman–Crippen LogP) is 4.81. The number of nitrogens with one attached hydrogen (secondary N) is 2. The minimum absolute atomic E-state index is 0.152. The van der Waals surface area contributed by atoms with Gasteiger partial charge in [0.1, 0.15) is 5.00 Å². The summed E-state index contributed by atoms with van der Waals surface area (Å²) in [5, 5.41) is 6.65. The van der Waals surface area contributed by atoms with Crippen LogP contribution in [-0.4, -0.2) is 45.5 Å². The van der Waals surface area contributed by atoms with Crippen molar-refractivity contribution in [3.63, 3.8) is 0 Å². The Balaban J connectivity index is 1.93. The second-order valence-electron chi connectivity index (χ2n) is 6.53. The predicted molar refractivity (Wildman–Crippen MR) is 132 cm³/mol. The molecule has 3 rings (SSSR count). The normalized spacial score (nSPS) is 10.2. The molecular weight excluding hydrogens is 464 g/mol. The van der Waals surface area contributed by atoms with Crippen LogP contribution in [0.25, 0.3) is 10.4 Å². The Hall–Kier alpha value is -3.63. The molecule has 0 bridgehead atoms. The zero-order valence-corrected chi connectivity index (χ0v) is 20.0. The van der Waals surface area contributed by atoms with E-state index in [-0.39, 0.29) is 10.7 Å². The number of hydrogen-bond acceptors (Lipinski definition) is 8. The van der Waals surface area contributed by atoms with E-state index < -0.39 is 11.9 Å². The summed E-state index contributed by atoms with van der Waals surface area (Å²) in [6, 6.07) is 14.4. The first-order valence-corrected chi connectivity index (χ1v) is 10.8. The summed E-state index contributed by atoms with van der Waals surface area (Å²) in [7, 11) is 5.54. The van der Waals surface area contributed by atoms with Crippen LogP contribution in [0.15, 0.2) is 48.5 Å². The van der Waals surface area contributed by atoms with Crippen molar-refractivity contribution in [1.82, 2.24) is 0 Å². The third-order valence-electron chi connectivity index (χ3n) is 4.60. The molecule has 3 aromatic rings. The van der Waals surface area contributed by atoms with Crippen LogP contribution in [0.3, 0.4) is 0 Å². The minimum Gasteiger partial charge on any atom is -0.493 e. The lowest BCUT2D eigenvalue weighted by Gasteiger charge is -2.16. The highest BCUT2D eigenvalue weighted by Crippen LogP contribution is 2.37. The van der Waals surface area contributed by atoms with Gasteiger partial charge in [-0.25, -0.2) is 9.59 Å². The number of carbonyl (C=O) groups is 2. The third kappa shape index (κ3) is 5.41. The SMILES string of the molecule is COC(=O)c1cc(OC)c(OC)cc1NC(=S)Nc1sc(-c2ccccc2)cc1C(=O)OC. The van der Waals surface area contributed by atoms with Gasteiger partial charge in [0.2, 0.25) is 0 Å². The van der Waals surface area contributed by atoms with Gasteiger partial charge < -0.3 is 29.6 Å². The average molecular weight is 487 g/mol. The van der Waals surface area contributed by atoms with Gasteiger partial charge in [0.25, 0.3) is 0 Å². The van der Waals surface area contributed by atoms with Crippen LogP contribution >= 0.6 is 23.6 Å². The highest BCUT2D eigenvalue weighted by atomic mass is 32.1. The molecule has 2 N–H and O–H groups in total. The van der Waals surface area contributed by atoms with E-state index in [2.05, 4.69) is 10.6 Å². The number of thiocarbonyl (C=S) groups is 1. The molecule has 0 amide bonds. The van der Waals surface area contributed by atoms with Crippen molar-refractivity contribution >= 4 is 51.3 Å². The zero-order valence-electron chi connectivity index (χ0n) is 18.4. The molecule has 0 radical (unpaired) electrons. The van der Waals surface area contributed by atoms with Crippen LogP contribution in [0.2, 0.25) is 0 Å². The largest absolute Gasteiger partial charge is 0.493 e. The second kappa shape index (κ2) is 10.8. The molecule has 1 aromatic heterocycles. The number of ether oxygens (including phenoxy) is 4. The van der Waals surface area contributed by atoms with Gasteiger partial charge in [-0.05, 0) is 23.8 Å². The van der Waals surface area contributed by atoms with Crippen LogP contribution in [0.4, 0.5) is 10.7 Å². The lowest BCUT2D eigenvalue weighted by atomic mass is 10.1. The molecule has 0 fully saturated rings. The Kier molecular flexibility index (Phi) is 7.86. The topological polar surface area (TPSA) is 95.1 Å². The van der Waals surface area contributed by atoms with Gasteiger partial charge in [-0.2, -0.15) is 0 Å². The molecule has 0 saturated carbocycles. The zero-order chi connectivity index (χ0) is 24.0. The summed E-state index contributed by atoms with van der Waals surface area (Å²) in [6.45, 7) is 0. The Morgan fingerprint density at radius 1 is 0.818 bits per heavy atom. The molecule has 10 heteroatoms. The van der Waals surface area contributed by atoms with Gasteiger partial charge in [-0.3, -0.25) is 0 Å². The van der Waals surface area contributed by atoms with Crippen LogP contribution in [0.1, 0.15) is 20.7 Å². The Labute approximate surface area is 200 Å². The van der Waals surface area contributed by atoms with Crippen molar-refractivity contribution in [3.05, 3.63) is 59.7 Å². The molecule has 0 spiro atoms. The van der Waals surface area contributed by atoms with Crippen molar-refractivity contribution in [1.29, 1.82) is 0 Å². The van der Waals surface area contributed by atoms with Crippen molar-refractivity contribution in [2.45, 2.75) is 0 Å². The molecular formula is C23H22N2O6S2. The van der Waals surface area contributed by atoms with Gasteiger partial charge in [-0.15, -0.1) is 11.3 Å². The van der Waals surface area contributed by atoms with Crippen LogP contribution in [0.5, 0.6) is 11.5 Å². The van der Waals surface area contributed by atoms with Gasteiger partial charge in [0, 0.05) is 17.0 Å². The summed E-state index contributed by atoms with van der Waals surface area (Å²) in [5.74, 6) is -0.326. The van der Waals surface area contributed by atoms with E-state index in [9.17, 15) is 9.59 Å². The summed E-state index contributed by atoms with van der Waals surface area (Å²) in [4.78, 5) is 25.5. The maximum atomic E-state index is 12.3. The highest BCUT2D eigenvalue weighted by molar-refractivity contribution is 7.80. The lowest BCUT2D eigenvalue weighted by Crippen LogP contribution is -2.21. The lowest BCUT2D eigenvalue weighted by molar-refractivity contribution is 0.0593. The van der Waals surface area contributed by atoms with E-state index >= 15 is 0 Å². The Bertz CT molecular complexity index is 1180.